The van der Waals surface area contributed by atoms with Gasteiger partial charge in [0, 0.05) is 31.2 Å². The molecular weight excluding hydrogens is 319 g/mol. The van der Waals surface area contributed by atoms with E-state index in [9.17, 15) is 14.3 Å². The van der Waals surface area contributed by atoms with Crippen LogP contribution in [0.4, 0.5) is 4.39 Å². The Morgan fingerprint density at radius 3 is 3.09 bits per heavy atom. The summed E-state index contributed by atoms with van der Waals surface area (Å²) < 4.78 is 14.1. The summed E-state index contributed by atoms with van der Waals surface area (Å²) in [5.74, 6) is -1.08. The highest BCUT2D eigenvalue weighted by molar-refractivity contribution is 6.32. The standard InChI is InChI=1S/C17H22ClFN2O2/c1-11-3-4-13(19)12(15(11)18)9-21-8-5-14-17(10-21,16(22)23)6-2-7-20-14/h3-4,14,20H,2,5-10H2,1H3,(H,22,23)/t14-,17+/m0/s1. The molecule has 126 valence electrons. The molecule has 1 aromatic rings. The zero-order chi connectivity index (χ0) is 16.6. The Morgan fingerprint density at radius 1 is 1.57 bits per heavy atom. The zero-order valence-corrected chi connectivity index (χ0v) is 14.0. The van der Waals surface area contributed by atoms with Crippen molar-refractivity contribution in [2.24, 2.45) is 5.41 Å². The number of carbonyl (C=O) groups is 1. The molecule has 0 radical (unpaired) electrons. The van der Waals surface area contributed by atoms with Gasteiger partial charge in [-0.15, -0.1) is 0 Å². The van der Waals surface area contributed by atoms with Crippen LogP contribution in [0.15, 0.2) is 12.1 Å². The van der Waals surface area contributed by atoms with Gasteiger partial charge >= 0.3 is 5.97 Å². The summed E-state index contributed by atoms with van der Waals surface area (Å²) >= 11 is 6.26. The van der Waals surface area contributed by atoms with Gasteiger partial charge in [0.2, 0.25) is 0 Å². The van der Waals surface area contributed by atoms with Crippen LogP contribution in [0, 0.1) is 18.2 Å². The van der Waals surface area contributed by atoms with E-state index in [1.165, 1.54) is 6.07 Å². The molecule has 2 N–H and O–H groups in total. The lowest BCUT2D eigenvalue weighted by molar-refractivity contribution is -0.157. The van der Waals surface area contributed by atoms with Crippen molar-refractivity contribution >= 4 is 17.6 Å². The van der Waals surface area contributed by atoms with Crippen molar-refractivity contribution in [2.75, 3.05) is 19.6 Å². The molecule has 1 aromatic carbocycles. The normalized spacial score (nSPS) is 28.4. The number of halogens is 2. The first-order valence-corrected chi connectivity index (χ1v) is 8.44. The third-order valence-corrected chi connectivity index (χ3v) is 5.81. The molecule has 0 amide bonds. The van der Waals surface area contributed by atoms with Crippen LogP contribution in [-0.4, -0.2) is 41.7 Å². The van der Waals surface area contributed by atoms with Crippen molar-refractivity contribution in [1.29, 1.82) is 0 Å². The molecule has 0 bridgehead atoms. The van der Waals surface area contributed by atoms with Crippen LogP contribution in [0.2, 0.25) is 5.02 Å². The van der Waals surface area contributed by atoms with Crippen LogP contribution in [0.1, 0.15) is 30.4 Å². The molecule has 2 atom stereocenters. The average Bonchev–Trinajstić information content (AvgIpc) is 2.55. The molecule has 0 saturated carbocycles. The highest BCUT2D eigenvalue weighted by Crippen LogP contribution is 2.39. The Bertz CT molecular complexity index is 625. The van der Waals surface area contributed by atoms with Gasteiger partial charge in [0.15, 0.2) is 0 Å². The fourth-order valence-corrected chi connectivity index (χ4v) is 4.16. The maximum atomic E-state index is 14.1. The molecule has 0 aromatic heterocycles. The largest absolute Gasteiger partial charge is 0.481 e. The average molecular weight is 341 g/mol. The van der Waals surface area contributed by atoms with Crippen LogP contribution in [0.5, 0.6) is 0 Å². The number of nitrogens with one attached hydrogen (secondary N) is 1. The molecule has 2 fully saturated rings. The number of fused-ring (bicyclic) bond motifs is 1. The topological polar surface area (TPSA) is 52.6 Å². The molecular formula is C17H22ClFN2O2. The Morgan fingerprint density at radius 2 is 2.35 bits per heavy atom. The minimum Gasteiger partial charge on any atom is -0.481 e. The van der Waals surface area contributed by atoms with Gasteiger partial charge in [-0.2, -0.15) is 0 Å². The number of hydrogen-bond acceptors (Lipinski definition) is 3. The lowest BCUT2D eigenvalue weighted by Crippen LogP contribution is -2.62. The predicted molar refractivity (Wildman–Crippen MR) is 87.1 cm³/mol. The second kappa shape index (κ2) is 6.38. The molecule has 0 spiro atoms. The third kappa shape index (κ3) is 2.97. The Hall–Kier alpha value is -1.17. The second-order valence-corrected chi connectivity index (χ2v) is 7.11. The van der Waals surface area contributed by atoms with E-state index in [4.69, 9.17) is 11.6 Å². The molecule has 3 rings (SSSR count). The maximum absolute atomic E-state index is 14.1. The van der Waals surface area contributed by atoms with Gasteiger partial charge in [-0.1, -0.05) is 17.7 Å². The maximum Gasteiger partial charge on any atom is 0.312 e. The summed E-state index contributed by atoms with van der Waals surface area (Å²) in [6.07, 6.45) is 2.29. The van der Waals surface area contributed by atoms with Crippen molar-refractivity contribution in [2.45, 2.75) is 38.8 Å². The molecule has 6 heteroatoms. The summed E-state index contributed by atoms with van der Waals surface area (Å²) in [5.41, 5.74) is 0.531. The first-order chi connectivity index (χ1) is 10.9. The molecule has 23 heavy (non-hydrogen) atoms. The van der Waals surface area contributed by atoms with Crippen LogP contribution >= 0.6 is 11.6 Å². The van der Waals surface area contributed by atoms with Gasteiger partial charge in [-0.3, -0.25) is 9.69 Å². The lowest BCUT2D eigenvalue weighted by Gasteiger charge is -2.48. The van der Waals surface area contributed by atoms with Crippen LogP contribution in [0.25, 0.3) is 0 Å². The number of carboxylic acids is 1. The molecule has 0 unspecified atom stereocenters. The summed E-state index contributed by atoms with van der Waals surface area (Å²) in [6.45, 7) is 4.26. The van der Waals surface area contributed by atoms with Gasteiger partial charge in [0.1, 0.15) is 5.82 Å². The number of piperidine rings is 2. The minimum absolute atomic E-state index is 0.00262. The quantitative estimate of drug-likeness (QED) is 0.888. The molecule has 0 aliphatic carbocycles. The number of aryl methyl sites for hydroxylation is 1. The van der Waals surface area contributed by atoms with E-state index >= 15 is 0 Å². The number of carboxylic acid groups (broad SMARTS) is 1. The lowest BCUT2D eigenvalue weighted by atomic mass is 9.70. The fraction of sp³-hybridized carbons (Fsp3) is 0.588. The fourth-order valence-electron chi connectivity index (χ4n) is 3.95. The van der Waals surface area contributed by atoms with Crippen molar-refractivity contribution in [1.82, 2.24) is 10.2 Å². The molecule has 4 nitrogen and oxygen atoms in total. The number of nitrogens with zero attached hydrogens (tertiary/aromatic N) is 1. The minimum atomic E-state index is -0.775. The predicted octanol–water partition coefficient (Wildman–Crippen LogP) is 2.82. The number of aliphatic carboxylic acids is 1. The van der Waals surface area contributed by atoms with Gasteiger partial charge < -0.3 is 10.4 Å². The van der Waals surface area contributed by atoms with E-state index in [-0.39, 0.29) is 11.9 Å². The monoisotopic (exact) mass is 340 g/mol. The highest BCUT2D eigenvalue weighted by Gasteiger charge is 2.50. The molecule has 2 aliphatic rings. The van der Waals surface area contributed by atoms with Gasteiger partial charge in [0.25, 0.3) is 0 Å². The number of likely N-dealkylation sites (tertiary alicyclic amines) is 1. The molecule has 2 aliphatic heterocycles. The summed E-state index contributed by atoms with van der Waals surface area (Å²) in [7, 11) is 0. The first-order valence-electron chi connectivity index (χ1n) is 8.06. The highest BCUT2D eigenvalue weighted by atomic mass is 35.5. The first kappa shape index (κ1) is 16.7. The third-order valence-electron chi connectivity index (χ3n) is 5.28. The van der Waals surface area contributed by atoms with E-state index in [2.05, 4.69) is 5.32 Å². The molecule has 2 saturated heterocycles. The molecule has 2 heterocycles. The Kier molecular flexibility index (Phi) is 4.63. The Balaban J connectivity index is 1.83. The van der Waals surface area contributed by atoms with Crippen molar-refractivity contribution in [3.63, 3.8) is 0 Å². The summed E-state index contributed by atoms with van der Waals surface area (Å²) in [5, 5.41) is 13.6. The van der Waals surface area contributed by atoms with Crippen LogP contribution in [0.3, 0.4) is 0 Å². The van der Waals surface area contributed by atoms with E-state index in [0.29, 0.717) is 30.1 Å². The van der Waals surface area contributed by atoms with E-state index in [1.54, 1.807) is 6.07 Å². The second-order valence-electron chi connectivity index (χ2n) is 6.73. The van der Waals surface area contributed by atoms with Crippen LogP contribution < -0.4 is 5.32 Å². The van der Waals surface area contributed by atoms with Crippen LogP contribution in [-0.2, 0) is 11.3 Å². The number of hydrogen-bond donors (Lipinski definition) is 2. The number of rotatable bonds is 3. The van der Waals surface area contributed by atoms with E-state index < -0.39 is 11.4 Å². The van der Waals surface area contributed by atoms with Gasteiger partial charge in [0.05, 0.1) is 10.4 Å². The van der Waals surface area contributed by atoms with Gasteiger partial charge in [-0.25, -0.2) is 4.39 Å². The van der Waals surface area contributed by atoms with Gasteiger partial charge in [-0.05, 0) is 44.4 Å². The van der Waals surface area contributed by atoms with Crippen molar-refractivity contribution in [3.8, 4) is 0 Å². The van der Waals surface area contributed by atoms with Crippen molar-refractivity contribution in [3.05, 3.63) is 34.1 Å². The Labute approximate surface area is 140 Å². The zero-order valence-electron chi connectivity index (χ0n) is 13.2. The smallest absolute Gasteiger partial charge is 0.312 e. The van der Waals surface area contributed by atoms with E-state index in [1.807, 2.05) is 11.8 Å². The SMILES string of the molecule is Cc1ccc(F)c(CN2CC[C@@H]3NCCC[C@@]3(C(=O)O)C2)c1Cl. The van der Waals surface area contributed by atoms with Crippen molar-refractivity contribution < 1.29 is 14.3 Å². The summed E-state index contributed by atoms with van der Waals surface area (Å²) in [4.78, 5) is 14.0. The number of benzene rings is 1. The van der Waals surface area contributed by atoms with E-state index in [0.717, 1.165) is 31.5 Å². The summed E-state index contributed by atoms with van der Waals surface area (Å²) in [6, 6.07) is 3.10.